The molecule has 0 aliphatic carbocycles. The zero-order valence-electron chi connectivity index (χ0n) is 23.8. The maximum atomic E-state index is 6.21. The number of hydrogen-bond acceptors (Lipinski definition) is 2. The molecule has 0 unspecified atom stereocenters. The summed E-state index contributed by atoms with van der Waals surface area (Å²) in [6, 6.07) is 55.6. The minimum atomic E-state index is 0.628. The number of aromatic nitrogens is 2. The van der Waals surface area contributed by atoms with E-state index in [1.54, 1.807) is 0 Å². The van der Waals surface area contributed by atoms with E-state index in [1.165, 1.54) is 49.4 Å². The molecular weight excluding hydrogens is 536 g/mol. The van der Waals surface area contributed by atoms with Gasteiger partial charge >= 0.3 is 0 Å². The first kappa shape index (κ1) is 24.6. The van der Waals surface area contributed by atoms with E-state index in [1.807, 2.05) is 6.07 Å². The van der Waals surface area contributed by atoms with Crippen LogP contribution in [-0.2, 0) is 0 Å². The molecule has 2 aromatic heterocycles. The quantitative estimate of drug-likeness (QED) is 0.214. The van der Waals surface area contributed by atoms with Crippen molar-refractivity contribution in [2.24, 2.45) is 0 Å². The van der Waals surface area contributed by atoms with Crippen LogP contribution in [0.15, 0.2) is 162 Å². The Morgan fingerprint density at radius 2 is 1.14 bits per heavy atom. The van der Waals surface area contributed by atoms with E-state index in [2.05, 4.69) is 156 Å². The van der Waals surface area contributed by atoms with E-state index < -0.39 is 0 Å². The van der Waals surface area contributed by atoms with E-state index in [0.29, 0.717) is 5.89 Å². The number of para-hydroxylation sites is 2. The highest BCUT2D eigenvalue weighted by Crippen LogP contribution is 2.36. The monoisotopic (exact) mass is 562 g/mol. The van der Waals surface area contributed by atoms with Gasteiger partial charge in [0.1, 0.15) is 5.52 Å². The van der Waals surface area contributed by atoms with Crippen molar-refractivity contribution in [3.05, 3.63) is 158 Å². The zero-order valence-corrected chi connectivity index (χ0v) is 23.8. The standard InChI is InChI=1S/C41H26N2O/c1-2-11-32(12-3-1)43-38-16-7-6-14-35(38)36-25-30(21-23-39(36)43)27-17-19-29(20-18-27)41-42-37-26-31(22-24-40(37)44-41)34-15-8-10-28-9-4-5-13-33(28)34/h1-26H. The van der Waals surface area contributed by atoms with Crippen LogP contribution < -0.4 is 0 Å². The molecule has 0 saturated heterocycles. The maximum Gasteiger partial charge on any atom is 0.227 e. The normalized spacial score (nSPS) is 11.6. The molecule has 9 rings (SSSR count). The molecule has 206 valence electrons. The number of oxazole rings is 1. The second kappa shape index (κ2) is 9.82. The van der Waals surface area contributed by atoms with Crippen LogP contribution in [0.4, 0.5) is 0 Å². The zero-order chi connectivity index (χ0) is 29.0. The Balaban J connectivity index is 1.07. The third-order valence-electron chi connectivity index (χ3n) is 8.64. The predicted molar refractivity (Wildman–Crippen MR) is 182 cm³/mol. The first-order valence-corrected chi connectivity index (χ1v) is 14.9. The molecule has 3 nitrogen and oxygen atoms in total. The van der Waals surface area contributed by atoms with Crippen molar-refractivity contribution in [1.82, 2.24) is 9.55 Å². The largest absolute Gasteiger partial charge is 0.436 e. The van der Waals surface area contributed by atoms with Crippen LogP contribution in [0.3, 0.4) is 0 Å². The summed E-state index contributed by atoms with van der Waals surface area (Å²) in [6.07, 6.45) is 0. The molecule has 0 aliphatic heterocycles. The van der Waals surface area contributed by atoms with Gasteiger partial charge in [0, 0.05) is 22.0 Å². The molecule has 0 bridgehead atoms. The van der Waals surface area contributed by atoms with Gasteiger partial charge in [-0.25, -0.2) is 4.98 Å². The van der Waals surface area contributed by atoms with Crippen molar-refractivity contribution in [2.75, 3.05) is 0 Å². The molecule has 2 heterocycles. The summed E-state index contributed by atoms with van der Waals surface area (Å²) in [5.74, 6) is 0.628. The van der Waals surface area contributed by atoms with E-state index >= 15 is 0 Å². The molecule has 0 amide bonds. The van der Waals surface area contributed by atoms with Crippen molar-refractivity contribution < 1.29 is 4.42 Å². The molecule has 3 heteroatoms. The van der Waals surface area contributed by atoms with Crippen LogP contribution in [0.5, 0.6) is 0 Å². The van der Waals surface area contributed by atoms with Gasteiger partial charge in [0.25, 0.3) is 0 Å². The minimum absolute atomic E-state index is 0.628. The molecule has 9 aromatic rings. The predicted octanol–water partition coefficient (Wildman–Crippen LogP) is 11.1. The third kappa shape index (κ3) is 3.94. The van der Waals surface area contributed by atoms with Gasteiger partial charge in [-0.1, -0.05) is 103 Å². The first-order valence-electron chi connectivity index (χ1n) is 14.9. The van der Waals surface area contributed by atoms with Crippen LogP contribution >= 0.6 is 0 Å². The lowest BCUT2D eigenvalue weighted by Crippen LogP contribution is -1.92. The average molecular weight is 563 g/mol. The highest BCUT2D eigenvalue weighted by atomic mass is 16.3. The fourth-order valence-electron chi connectivity index (χ4n) is 6.51. The summed E-state index contributed by atoms with van der Waals surface area (Å²) in [5, 5.41) is 4.95. The van der Waals surface area contributed by atoms with Gasteiger partial charge in [0.15, 0.2) is 5.58 Å². The fraction of sp³-hybridized carbons (Fsp3) is 0. The Kier molecular flexibility index (Phi) is 5.50. The van der Waals surface area contributed by atoms with Crippen molar-refractivity contribution in [3.63, 3.8) is 0 Å². The summed E-state index contributed by atoms with van der Waals surface area (Å²) < 4.78 is 8.56. The van der Waals surface area contributed by atoms with Crippen LogP contribution in [-0.4, -0.2) is 9.55 Å². The van der Waals surface area contributed by atoms with E-state index in [-0.39, 0.29) is 0 Å². The number of rotatable bonds is 4. The average Bonchev–Trinajstić information content (AvgIpc) is 3.67. The molecule has 0 radical (unpaired) electrons. The molecule has 0 fully saturated rings. The molecule has 0 aliphatic rings. The summed E-state index contributed by atoms with van der Waals surface area (Å²) in [5.41, 5.74) is 10.8. The maximum absolute atomic E-state index is 6.21. The molecule has 44 heavy (non-hydrogen) atoms. The second-order valence-electron chi connectivity index (χ2n) is 11.2. The second-order valence-corrected chi connectivity index (χ2v) is 11.2. The van der Waals surface area contributed by atoms with Crippen molar-refractivity contribution in [3.8, 4) is 39.4 Å². The summed E-state index contributed by atoms with van der Waals surface area (Å²) >= 11 is 0. The highest BCUT2D eigenvalue weighted by molar-refractivity contribution is 6.10. The highest BCUT2D eigenvalue weighted by Gasteiger charge is 2.14. The van der Waals surface area contributed by atoms with Crippen molar-refractivity contribution in [1.29, 1.82) is 0 Å². The number of benzene rings is 7. The number of hydrogen-bond donors (Lipinski definition) is 0. The number of nitrogens with zero attached hydrogens (tertiary/aromatic N) is 2. The smallest absolute Gasteiger partial charge is 0.227 e. The fourth-order valence-corrected chi connectivity index (χ4v) is 6.51. The Hall–Kier alpha value is -5.93. The molecular formula is C41H26N2O. The van der Waals surface area contributed by atoms with Crippen molar-refractivity contribution in [2.45, 2.75) is 0 Å². The minimum Gasteiger partial charge on any atom is -0.436 e. The van der Waals surface area contributed by atoms with E-state index in [4.69, 9.17) is 9.40 Å². The van der Waals surface area contributed by atoms with E-state index in [9.17, 15) is 0 Å². The van der Waals surface area contributed by atoms with Crippen LogP contribution in [0.1, 0.15) is 0 Å². The van der Waals surface area contributed by atoms with E-state index in [0.717, 1.165) is 27.8 Å². The van der Waals surface area contributed by atoms with Gasteiger partial charge in [0.2, 0.25) is 5.89 Å². The van der Waals surface area contributed by atoms with Crippen LogP contribution in [0, 0.1) is 0 Å². The van der Waals surface area contributed by atoms with Gasteiger partial charge in [-0.05, 0) is 87.6 Å². The van der Waals surface area contributed by atoms with Gasteiger partial charge in [0.05, 0.1) is 11.0 Å². The van der Waals surface area contributed by atoms with Crippen LogP contribution in [0.25, 0.3) is 83.1 Å². The summed E-state index contributed by atoms with van der Waals surface area (Å²) in [7, 11) is 0. The molecule has 0 saturated carbocycles. The van der Waals surface area contributed by atoms with Crippen LogP contribution in [0.2, 0.25) is 0 Å². The lowest BCUT2D eigenvalue weighted by Gasteiger charge is -2.08. The Labute approximate surface area is 254 Å². The summed E-state index contributed by atoms with van der Waals surface area (Å²) in [4.78, 5) is 4.89. The molecule has 0 N–H and O–H groups in total. The summed E-state index contributed by atoms with van der Waals surface area (Å²) in [6.45, 7) is 0. The van der Waals surface area contributed by atoms with Gasteiger partial charge in [-0.15, -0.1) is 0 Å². The van der Waals surface area contributed by atoms with Gasteiger partial charge in [-0.3, -0.25) is 0 Å². The Morgan fingerprint density at radius 3 is 2.02 bits per heavy atom. The topological polar surface area (TPSA) is 31.0 Å². The third-order valence-corrected chi connectivity index (χ3v) is 8.64. The SMILES string of the molecule is c1ccc(-n2c3ccccc3c3cc(-c4ccc(-c5nc6cc(-c7cccc8ccccc78)ccc6o5)cc4)ccc32)cc1. The molecule has 0 atom stereocenters. The Morgan fingerprint density at radius 1 is 0.455 bits per heavy atom. The lowest BCUT2D eigenvalue weighted by atomic mass is 9.98. The first-order chi connectivity index (χ1) is 21.8. The van der Waals surface area contributed by atoms with Crippen molar-refractivity contribution >= 4 is 43.7 Å². The van der Waals surface area contributed by atoms with Gasteiger partial charge < -0.3 is 8.98 Å². The molecule has 0 spiro atoms. The Bertz CT molecular complexity index is 2480. The molecule has 7 aromatic carbocycles. The number of fused-ring (bicyclic) bond motifs is 5. The van der Waals surface area contributed by atoms with Gasteiger partial charge in [-0.2, -0.15) is 0 Å². The lowest BCUT2D eigenvalue weighted by molar-refractivity contribution is 0.620.